The molecule has 0 heterocycles. The molecule has 3 aliphatic rings. The molecule has 0 radical (unpaired) electrons. The Morgan fingerprint density at radius 1 is 1.32 bits per heavy atom. The smallest absolute Gasteiger partial charge is 0.115 e. The number of phenolic OH excluding ortho intramolecular Hbond substituents is 1. The van der Waals surface area contributed by atoms with Gasteiger partial charge in [0.05, 0.1) is 6.10 Å². The van der Waals surface area contributed by atoms with E-state index in [0.717, 1.165) is 25.2 Å². The van der Waals surface area contributed by atoms with Crippen molar-refractivity contribution in [2.45, 2.75) is 64.4 Å². The third-order valence-corrected chi connectivity index (χ3v) is 7.16. The summed E-state index contributed by atoms with van der Waals surface area (Å²) in [5.41, 5.74) is 3.20. The molecule has 0 aliphatic heterocycles. The molecule has 2 fully saturated rings. The van der Waals surface area contributed by atoms with E-state index in [9.17, 15) is 10.2 Å². The van der Waals surface area contributed by atoms with Gasteiger partial charge in [-0.15, -0.1) is 0 Å². The van der Waals surface area contributed by atoms with E-state index >= 15 is 0 Å². The van der Waals surface area contributed by atoms with Crippen molar-refractivity contribution in [1.29, 1.82) is 0 Å². The van der Waals surface area contributed by atoms with Crippen LogP contribution in [0.5, 0.6) is 5.75 Å². The van der Waals surface area contributed by atoms with Crippen molar-refractivity contribution in [3.63, 3.8) is 0 Å². The van der Waals surface area contributed by atoms with Crippen molar-refractivity contribution >= 4 is 0 Å². The highest BCUT2D eigenvalue weighted by molar-refractivity contribution is 5.40. The second-order valence-electron chi connectivity index (χ2n) is 8.33. The molecule has 4 rings (SSSR count). The third-order valence-electron chi connectivity index (χ3n) is 7.16. The molecule has 0 bridgehead atoms. The minimum absolute atomic E-state index is 0.0903. The summed E-state index contributed by atoms with van der Waals surface area (Å²) in [7, 11) is 0. The van der Waals surface area contributed by atoms with Crippen LogP contribution in [0.4, 0.5) is 0 Å². The first-order valence-corrected chi connectivity index (χ1v) is 9.01. The number of hydrogen-bond donors (Lipinski definition) is 2. The van der Waals surface area contributed by atoms with Crippen LogP contribution in [0.1, 0.15) is 63.0 Å². The first-order valence-electron chi connectivity index (χ1n) is 9.01. The van der Waals surface area contributed by atoms with Gasteiger partial charge in [-0.2, -0.15) is 0 Å². The predicted molar refractivity (Wildman–Crippen MR) is 87.9 cm³/mol. The fraction of sp³-hybridized carbons (Fsp3) is 0.700. The molecule has 22 heavy (non-hydrogen) atoms. The van der Waals surface area contributed by atoms with Crippen molar-refractivity contribution in [2.75, 3.05) is 0 Å². The Morgan fingerprint density at radius 2 is 2.14 bits per heavy atom. The van der Waals surface area contributed by atoms with Gasteiger partial charge >= 0.3 is 0 Å². The summed E-state index contributed by atoms with van der Waals surface area (Å²) in [4.78, 5) is 0. The number of fused-ring (bicyclic) bond motifs is 5. The highest BCUT2D eigenvalue weighted by atomic mass is 16.3. The van der Waals surface area contributed by atoms with Gasteiger partial charge in [-0.25, -0.2) is 0 Å². The zero-order valence-electron chi connectivity index (χ0n) is 13.8. The van der Waals surface area contributed by atoms with Crippen LogP contribution in [-0.2, 0) is 6.42 Å². The van der Waals surface area contributed by atoms with Crippen molar-refractivity contribution in [3.8, 4) is 5.75 Å². The number of aromatic hydroxyl groups is 1. The first kappa shape index (κ1) is 14.6. The molecule has 2 nitrogen and oxygen atoms in total. The van der Waals surface area contributed by atoms with E-state index in [1.165, 1.54) is 30.4 Å². The Hall–Kier alpha value is -1.02. The molecule has 0 spiro atoms. The monoisotopic (exact) mass is 300 g/mol. The summed E-state index contributed by atoms with van der Waals surface area (Å²) in [6.45, 7) is 4.73. The van der Waals surface area contributed by atoms with Gasteiger partial charge in [0.2, 0.25) is 0 Å². The summed E-state index contributed by atoms with van der Waals surface area (Å²) in [6.07, 6.45) is 6.71. The van der Waals surface area contributed by atoms with Gasteiger partial charge in [0.1, 0.15) is 5.75 Å². The van der Waals surface area contributed by atoms with Crippen LogP contribution in [0.2, 0.25) is 0 Å². The Balaban J connectivity index is 1.77. The van der Waals surface area contributed by atoms with Gasteiger partial charge < -0.3 is 10.2 Å². The van der Waals surface area contributed by atoms with Crippen LogP contribution >= 0.6 is 0 Å². The van der Waals surface area contributed by atoms with Gasteiger partial charge in [-0.05, 0) is 84.5 Å². The Labute approximate surface area is 133 Å². The lowest BCUT2D eigenvalue weighted by molar-refractivity contribution is 0.0247. The molecule has 120 valence electrons. The molecule has 1 aromatic carbocycles. The quantitative estimate of drug-likeness (QED) is 0.814. The summed E-state index contributed by atoms with van der Waals surface area (Å²) in [5, 5.41) is 20.1. The zero-order valence-corrected chi connectivity index (χ0v) is 13.8. The summed E-state index contributed by atoms with van der Waals surface area (Å²) in [5.74, 6) is 3.14. The normalized spacial score (nSPS) is 43.3. The molecule has 0 amide bonds. The minimum atomic E-state index is -0.0903. The lowest BCUT2D eigenvalue weighted by atomic mass is 9.52. The second-order valence-corrected chi connectivity index (χ2v) is 8.33. The maximum Gasteiger partial charge on any atom is 0.115 e. The van der Waals surface area contributed by atoms with Gasteiger partial charge in [0.15, 0.2) is 0 Å². The fourth-order valence-electron chi connectivity index (χ4n) is 6.20. The zero-order chi connectivity index (χ0) is 15.5. The summed E-state index contributed by atoms with van der Waals surface area (Å²) < 4.78 is 0. The van der Waals surface area contributed by atoms with Crippen LogP contribution < -0.4 is 0 Å². The van der Waals surface area contributed by atoms with Gasteiger partial charge in [0.25, 0.3) is 0 Å². The fourth-order valence-corrected chi connectivity index (χ4v) is 6.20. The van der Waals surface area contributed by atoms with Crippen LogP contribution in [0.3, 0.4) is 0 Å². The van der Waals surface area contributed by atoms with Gasteiger partial charge in [-0.1, -0.05) is 26.3 Å². The van der Waals surface area contributed by atoms with Crippen molar-refractivity contribution in [1.82, 2.24) is 0 Å². The molecular weight excluding hydrogens is 272 g/mol. The largest absolute Gasteiger partial charge is 0.508 e. The molecule has 0 aromatic heterocycles. The van der Waals surface area contributed by atoms with Crippen molar-refractivity contribution in [3.05, 3.63) is 29.3 Å². The number of hydrogen-bond acceptors (Lipinski definition) is 2. The number of phenols is 1. The average molecular weight is 300 g/mol. The van der Waals surface area contributed by atoms with E-state index in [1.807, 2.05) is 12.1 Å². The van der Waals surface area contributed by atoms with Crippen LogP contribution in [0.25, 0.3) is 0 Å². The maximum atomic E-state index is 10.3. The van der Waals surface area contributed by atoms with Crippen LogP contribution in [0.15, 0.2) is 18.2 Å². The lowest BCUT2D eigenvalue weighted by Gasteiger charge is -2.52. The van der Waals surface area contributed by atoms with E-state index in [-0.39, 0.29) is 6.10 Å². The molecule has 2 saturated carbocycles. The first-order chi connectivity index (χ1) is 10.5. The van der Waals surface area contributed by atoms with Crippen LogP contribution in [0, 0.1) is 23.2 Å². The van der Waals surface area contributed by atoms with Crippen LogP contribution in [-0.4, -0.2) is 16.3 Å². The predicted octanol–water partition coefficient (Wildman–Crippen LogP) is 4.25. The lowest BCUT2D eigenvalue weighted by Crippen LogP contribution is -2.43. The van der Waals surface area contributed by atoms with Crippen molar-refractivity contribution < 1.29 is 10.2 Å². The topological polar surface area (TPSA) is 40.5 Å². The summed E-state index contributed by atoms with van der Waals surface area (Å²) >= 11 is 0. The van der Waals surface area contributed by atoms with E-state index in [1.54, 1.807) is 0 Å². The second kappa shape index (κ2) is 4.99. The van der Waals surface area contributed by atoms with Gasteiger partial charge in [-0.3, -0.25) is 0 Å². The molecule has 2 heteroatoms. The molecule has 0 saturated heterocycles. The Kier molecular flexibility index (Phi) is 3.30. The molecule has 0 unspecified atom stereocenters. The van der Waals surface area contributed by atoms with Crippen molar-refractivity contribution in [2.24, 2.45) is 23.2 Å². The summed E-state index contributed by atoms with van der Waals surface area (Å²) in [6, 6.07) is 6.02. The molecule has 3 aliphatic carbocycles. The maximum absolute atomic E-state index is 10.3. The number of aliphatic hydroxyl groups excluding tert-OH is 1. The van der Waals surface area contributed by atoms with Gasteiger partial charge in [0, 0.05) is 0 Å². The Bertz CT molecular complexity index is 581. The minimum Gasteiger partial charge on any atom is -0.508 e. The van der Waals surface area contributed by atoms with E-state index in [4.69, 9.17) is 0 Å². The molecule has 6 atom stereocenters. The standard InChI is InChI=1S/C20H28O2/c1-3-12-8-13-9-14(21)4-5-16(13)17-6-7-20(2)11-15(22)10-18(20)19(12)17/h4-5,9,12,15,17-19,21-22H,3,6-8,10-11H2,1-2H3/t12-,15-,17-,18+,19-,20-/m1/s1. The third kappa shape index (κ3) is 2.03. The molecule has 1 aromatic rings. The number of aliphatic hydroxyl groups is 1. The molecule has 2 N–H and O–H groups in total. The number of rotatable bonds is 1. The van der Waals surface area contributed by atoms with E-state index < -0.39 is 0 Å². The highest BCUT2D eigenvalue weighted by Gasteiger charge is 2.54. The average Bonchev–Trinajstić information content (AvgIpc) is 2.79. The number of benzene rings is 1. The SMILES string of the molecule is CC[C@@H]1Cc2cc(O)ccc2[C@H]2CC[C@]3(C)C[C@H](O)C[C@H]3[C@H]12. The van der Waals surface area contributed by atoms with E-state index in [2.05, 4.69) is 19.9 Å². The molecular formula is C20H28O2. The Morgan fingerprint density at radius 3 is 2.91 bits per heavy atom. The highest BCUT2D eigenvalue weighted by Crippen LogP contribution is 2.62. The van der Waals surface area contributed by atoms with E-state index in [0.29, 0.717) is 28.9 Å².